The van der Waals surface area contributed by atoms with Crippen molar-refractivity contribution in [3.8, 4) is 11.4 Å². The van der Waals surface area contributed by atoms with Gasteiger partial charge in [0, 0.05) is 16.5 Å². The van der Waals surface area contributed by atoms with E-state index < -0.39 is 0 Å². The molecule has 1 aromatic carbocycles. The van der Waals surface area contributed by atoms with E-state index >= 15 is 0 Å². The molecule has 3 heterocycles. The highest BCUT2D eigenvalue weighted by Gasteiger charge is 2.28. The molecule has 1 fully saturated rings. The van der Waals surface area contributed by atoms with Crippen molar-refractivity contribution < 1.29 is 4.52 Å². The van der Waals surface area contributed by atoms with Crippen LogP contribution in [0.4, 0.5) is 0 Å². The Labute approximate surface area is 152 Å². The molecule has 1 aliphatic rings. The van der Waals surface area contributed by atoms with E-state index in [-0.39, 0.29) is 0 Å². The third kappa shape index (κ3) is 3.53. The van der Waals surface area contributed by atoms with Gasteiger partial charge in [-0.1, -0.05) is 49.3 Å². The zero-order chi connectivity index (χ0) is 17.2. The lowest BCUT2D eigenvalue weighted by Gasteiger charge is -2.21. The van der Waals surface area contributed by atoms with E-state index in [4.69, 9.17) is 4.52 Å². The van der Waals surface area contributed by atoms with Gasteiger partial charge in [0.1, 0.15) is 0 Å². The first-order valence-corrected chi connectivity index (χ1v) is 9.79. The van der Waals surface area contributed by atoms with Crippen LogP contribution in [0.1, 0.15) is 55.0 Å². The van der Waals surface area contributed by atoms with E-state index in [1.807, 2.05) is 11.3 Å². The fourth-order valence-corrected chi connectivity index (χ4v) is 4.34. The standard InChI is InChI=1S/C20H23N3OS/c1-14(2)15-7-9-16(10-8-15)20-21-19(24-22-20)13-23-11-3-5-17(23)18-6-4-12-25-18/h4,6-10,12,14,17H,3,5,11,13H2,1-2H3. The number of hydrogen-bond acceptors (Lipinski definition) is 5. The van der Waals surface area contributed by atoms with Crippen LogP contribution in [0, 0.1) is 0 Å². The molecule has 25 heavy (non-hydrogen) atoms. The molecule has 1 aliphatic heterocycles. The molecule has 130 valence electrons. The molecule has 0 radical (unpaired) electrons. The number of hydrogen-bond donors (Lipinski definition) is 0. The lowest BCUT2D eigenvalue weighted by atomic mass is 10.0. The maximum atomic E-state index is 5.52. The van der Waals surface area contributed by atoms with Crippen LogP contribution in [0.25, 0.3) is 11.4 Å². The zero-order valence-corrected chi connectivity index (χ0v) is 15.5. The highest BCUT2D eigenvalue weighted by atomic mass is 32.1. The fourth-order valence-electron chi connectivity index (χ4n) is 3.45. The minimum atomic E-state index is 0.487. The van der Waals surface area contributed by atoms with E-state index in [9.17, 15) is 0 Å². The Morgan fingerprint density at radius 2 is 2.08 bits per heavy atom. The molecule has 3 aromatic rings. The number of benzene rings is 1. The van der Waals surface area contributed by atoms with Crippen molar-refractivity contribution in [2.24, 2.45) is 0 Å². The van der Waals surface area contributed by atoms with E-state index in [0.29, 0.717) is 23.7 Å². The number of thiophene rings is 1. The topological polar surface area (TPSA) is 42.2 Å². The Bertz CT molecular complexity index is 808. The van der Waals surface area contributed by atoms with Gasteiger partial charge in [0.25, 0.3) is 0 Å². The summed E-state index contributed by atoms with van der Waals surface area (Å²) < 4.78 is 5.52. The number of aromatic nitrogens is 2. The first-order chi connectivity index (χ1) is 12.2. The van der Waals surface area contributed by atoms with Gasteiger partial charge in [-0.3, -0.25) is 4.90 Å². The summed E-state index contributed by atoms with van der Waals surface area (Å²) in [6.45, 7) is 6.20. The van der Waals surface area contributed by atoms with Crippen molar-refractivity contribution in [3.05, 3.63) is 58.1 Å². The molecule has 1 atom stereocenters. The monoisotopic (exact) mass is 353 g/mol. The first kappa shape index (κ1) is 16.5. The lowest BCUT2D eigenvalue weighted by Crippen LogP contribution is -2.22. The SMILES string of the molecule is CC(C)c1ccc(-c2noc(CN3CCCC3c3cccs3)n2)cc1. The van der Waals surface area contributed by atoms with Gasteiger partial charge in [0.15, 0.2) is 0 Å². The Kier molecular flexibility index (Phi) is 4.68. The van der Waals surface area contributed by atoms with E-state index in [1.54, 1.807) is 0 Å². The van der Waals surface area contributed by atoms with Crippen LogP contribution in [0.5, 0.6) is 0 Å². The van der Waals surface area contributed by atoms with Crippen LogP contribution >= 0.6 is 11.3 Å². The molecule has 0 N–H and O–H groups in total. The summed E-state index contributed by atoms with van der Waals surface area (Å²) in [6.07, 6.45) is 2.43. The quantitative estimate of drug-likeness (QED) is 0.627. The van der Waals surface area contributed by atoms with Crippen molar-refractivity contribution in [2.45, 2.75) is 45.2 Å². The summed E-state index contributed by atoms with van der Waals surface area (Å²) in [5.41, 5.74) is 2.33. The van der Waals surface area contributed by atoms with Gasteiger partial charge in [-0.25, -0.2) is 0 Å². The van der Waals surface area contributed by atoms with Gasteiger partial charge in [0.05, 0.1) is 6.54 Å². The zero-order valence-electron chi connectivity index (χ0n) is 14.7. The summed E-state index contributed by atoms with van der Waals surface area (Å²) >= 11 is 1.83. The minimum absolute atomic E-state index is 0.487. The van der Waals surface area contributed by atoms with Gasteiger partial charge >= 0.3 is 0 Å². The van der Waals surface area contributed by atoms with Gasteiger partial charge in [-0.15, -0.1) is 11.3 Å². The van der Waals surface area contributed by atoms with Crippen LogP contribution < -0.4 is 0 Å². The summed E-state index contributed by atoms with van der Waals surface area (Å²) in [7, 11) is 0. The third-order valence-corrected chi connectivity index (χ3v) is 5.85. The van der Waals surface area contributed by atoms with Crippen molar-refractivity contribution in [1.82, 2.24) is 15.0 Å². The predicted molar refractivity (Wildman–Crippen MR) is 101 cm³/mol. The van der Waals surface area contributed by atoms with Crippen LogP contribution in [0.2, 0.25) is 0 Å². The summed E-state index contributed by atoms with van der Waals surface area (Å²) in [6, 6.07) is 13.3. The molecule has 0 spiro atoms. The molecule has 2 aromatic heterocycles. The summed E-state index contributed by atoms with van der Waals surface area (Å²) in [5.74, 6) is 1.91. The third-order valence-electron chi connectivity index (χ3n) is 4.88. The molecule has 0 aliphatic carbocycles. The van der Waals surface area contributed by atoms with Crippen molar-refractivity contribution in [1.29, 1.82) is 0 Å². The maximum absolute atomic E-state index is 5.52. The van der Waals surface area contributed by atoms with Crippen LogP contribution in [0.3, 0.4) is 0 Å². The number of likely N-dealkylation sites (tertiary alicyclic amines) is 1. The highest BCUT2D eigenvalue weighted by molar-refractivity contribution is 7.10. The molecule has 4 rings (SSSR count). The Morgan fingerprint density at radius 3 is 2.80 bits per heavy atom. The summed E-state index contributed by atoms with van der Waals surface area (Å²) in [4.78, 5) is 8.50. The van der Waals surface area contributed by atoms with E-state index in [1.165, 1.54) is 23.3 Å². The van der Waals surface area contributed by atoms with Crippen molar-refractivity contribution >= 4 is 11.3 Å². The van der Waals surface area contributed by atoms with Crippen LogP contribution in [-0.2, 0) is 6.54 Å². The lowest BCUT2D eigenvalue weighted by molar-refractivity contribution is 0.214. The van der Waals surface area contributed by atoms with Gasteiger partial charge < -0.3 is 4.52 Å². The van der Waals surface area contributed by atoms with Gasteiger partial charge in [0.2, 0.25) is 11.7 Å². The van der Waals surface area contributed by atoms with Crippen molar-refractivity contribution in [3.63, 3.8) is 0 Å². The molecule has 0 amide bonds. The molecular formula is C20H23N3OS. The normalized spacial score (nSPS) is 18.3. The second-order valence-corrected chi connectivity index (χ2v) is 7.91. The highest BCUT2D eigenvalue weighted by Crippen LogP contribution is 2.35. The van der Waals surface area contributed by atoms with Crippen LogP contribution in [0.15, 0.2) is 46.3 Å². The minimum Gasteiger partial charge on any atom is -0.338 e. The predicted octanol–water partition coefficient (Wildman–Crippen LogP) is 5.26. The second-order valence-electron chi connectivity index (χ2n) is 6.93. The van der Waals surface area contributed by atoms with E-state index in [0.717, 1.165) is 18.7 Å². The van der Waals surface area contributed by atoms with Crippen LogP contribution in [-0.4, -0.2) is 21.6 Å². The Hall–Kier alpha value is -1.98. The number of nitrogens with zero attached hydrogens (tertiary/aromatic N) is 3. The largest absolute Gasteiger partial charge is 0.338 e. The molecule has 5 heteroatoms. The number of rotatable bonds is 5. The van der Waals surface area contributed by atoms with Gasteiger partial charge in [-0.2, -0.15) is 4.98 Å². The first-order valence-electron chi connectivity index (χ1n) is 8.91. The fraction of sp³-hybridized carbons (Fsp3) is 0.400. The maximum Gasteiger partial charge on any atom is 0.241 e. The average molecular weight is 353 g/mol. The molecular weight excluding hydrogens is 330 g/mol. The average Bonchev–Trinajstić information content (AvgIpc) is 3.37. The van der Waals surface area contributed by atoms with Gasteiger partial charge in [-0.05, 0) is 42.3 Å². The van der Waals surface area contributed by atoms with E-state index in [2.05, 4.69) is 70.7 Å². The smallest absolute Gasteiger partial charge is 0.241 e. The molecule has 1 unspecified atom stereocenters. The molecule has 4 nitrogen and oxygen atoms in total. The molecule has 1 saturated heterocycles. The Balaban J connectivity index is 1.48. The second kappa shape index (κ2) is 7.10. The summed E-state index contributed by atoms with van der Waals surface area (Å²) in [5, 5.41) is 6.33. The van der Waals surface area contributed by atoms with Crippen molar-refractivity contribution in [2.75, 3.05) is 6.54 Å². The molecule has 0 saturated carbocycles. The molecule has 0 bridgehead atoms. The Morgan fingerprint density at radius 1 is 1.24 bits per heavy atom.